The minimum absolute atomic E-state index is 0.468. The monoisotopic (exact) mass is 198 g/mol. The molecule has 0 aromatic heterocycles. The van der Waals surface area contributed by atoms with Crippen LogP contribution < -0.4 is 5.73 Å². The van der Waals surface area contributed by atoms with E-state index in [0.717, 1.165) is 19.0 Å². The van der Waals surface area contributed by atoms with Crippen molar-refractivity contribution in [1.29, 1.82) is 0 Å². The standard InChI is InChI=1S/C12H26N2/c1-12(2,3)7-10-14(9-4-8-13)11-5-6-11/h11H,4-10,13H2,1-3H3. The van der Waals surface area contributed by atoms with Gasteiger partial charge in [-0.25, -0.2) is 0 Å². The van der Waals surface area contributed by atoms with Gasteiger partial charge in [-0.3, -0.25) is 0 Å². The molecule has 0 aromatic rings. The molecule has 84 valence electrons. The van der Waals surface area contributed by atoms with Gasteiger partial charge < -0.3 is 10.6 Å². The number of nitrogens with two attached hydrogens (primary N) is 1. The molecule has 1 aliphatic carbocycles. The van der Waals surface area contributed by atoms with E-state index in [-0.39, 0.29) is 0 Å². The Kier molecular flexibility index (Phi) is 4.39. The van der Waals surface area contributed by atoms with Crippen molar-refractivity contribution in [1.82, 2.24) is 4.90 Å². The third-order valence-corrected chi connectivity index (χ3v) is 2.86. The Bertz CT molecular complexity index is 156. The average Bonchev–Trinajstić information content (AvgIpc) is 2.86. The van der Waals surface area contributed by atoms with Gasteiger partial charge >= 0.3 is 0 Å². The Morgan fingerprint density at radius 3 is 2.29 bits per heavy atom. The fourth-order valence-electron chi connectivity index (χ4n) is 1.69. The summed E-state index contributed by atoms with van der Waals surface area (Å²) >= 11 is 0. The Balaban J connectivity index is 2.21. The molecule has 0 aromatic carbocycles. The number of hydrogen-bond acceptors (Lipinski definition) is 2. The molecule has 0 heterocycles. The van der Waals surface area contributed by atoms with E-state index in [2.05, 4.69) is 25.7 Å². The van der Waals surface area contributed by atoms with Crippen LogP contribution in [0.25, 0.3) is 0 Å². The lowest BCUT2D eigenvalue weighted by atomic mass is 9.92. The molecule has 1 saturated carbocycles. The van der Waals surface area contributed by atoms with E-state index in [4.69, 9.17) is 5.73 Å². The van der Waals surface area contributed by atoms with Crippen LogP contribution in [0.2, 0.25) is 0 Å². The molecule has 14 heavy (non-hydrogen) atoms. The molecule has 0 amide bonds. The summed E-state index contributed by atoms with van der Waals surface area (Å²) in [6, 6.07) is 0.892. The zero-order valence-corrected chi connectivity index (χ0v) is 10.1. The second-order valence-electron chi connectivity index (χ2n) is 5.72. The van der Waals surface area contributed by atoms with E-state index in [1.165, 1.54) is 32.4 Å². The van der Waals surface area contributed by atoms with Crippen molar-refractivity contribution < 1.29 is 0 Å². The van der Waals surface area contributed by atoms with Crippen molar-refractivity contribution in [2.75, 3.05) is 19.6 Å². The van der Waals surface area contributed by atoms with Crippen LogP contribution in [0.1, 0.15) is 46.5 Å². The minimum atomic E-state index is 0.468. The Morgan fingerprint density at radius 2 is 1.86 bits per heavy atom. The molecular weight excluding hydrogens is 172 g/mol. The topological polar surface area (TPSA) is 29.3 Å². The van der Waals surface area contributed by atoms with Gasteiger partial charge in [-0.2, -0.15) is 0 Å². The van der Waals surface area contributed by atoms with Gasteiger partial charge in [0, 0.05) is 6.04 Å². The number of rotatable bonds is 6. The van der Waals surface area contributed by atoms with Crippen LogP contribution in [0.5, 0.6) is 0 Å². The highest BCUT2D eigenvalue weighted by molar-refractivity contribution is 4.85. The second kappa shape index (κ2) is 5.13. The van der Waals surface area contributed by atoms with Crippen molar-refractivity contribution in [3.8, 4) is 0 Å². The third kappa shape index (κ3) is 4.97. The molecule has 0 radical (unpaired) electrons. The van der Waals surface area contributed by atoms with Crippen LogP contribution in [-0.4, -0.2) is 30.6 Å². The van der Waals surface area contributed by atoms with Gasteiger partial charge in [0.05, 0.1) is 0 Å². The third-order valence-electron chi connectivity index (χ3n) is 2.86. The largest absolute Gasteiger partial charge is 0.330 e. The summed E-state index contributed by atoms with van der Waals surface area (Å²) in [5.74, 6) is 0. The van der Waals surface area contributed by atoms with Crippen LogP contribution in [0.3, 0.4) is 0 Å². The lowest BCUT2D eigenvalue weighted by Gasteiger charge is -2.26. The van der Waals surface area contributed by atoms with Gasteiger partial charge in [-0.05, 0) is 50.7 Å². The highest BCUT2D eigenvalue weighted by atomic mass is 15.2. The van der Waals surface area contributed by atoms with Crippen LogP contribution in [0.15, 0.2) is 0 Å². The van der Waals surface area contributed by atoms with Gasteiger partial charge in [0.25, 0.3) is 0 Å². The van der Waals surface area contributed by atoms with Gasteiger partial charge in [0.1, 0.15) is 0 Å². The highest BCUT2D eigenvalue weighted by Gasteiger charge is 2.28. The first kappa shape index (κ1) is 12.0. The van der Waals surface area contributed by atoms with E-state index >= 15 is 0 Å². The van der Waals surface area contributed by atoms with Crippen molar-refractivity contribution >= 4 is 0 Å². The predicted octanol–water partition coefficient (Wildman–Crippen LogP) is 2.24. The lowest BCUT2D eigenvalue weighted by Crippen LogP contribution is -2.31. The molecule has 0 spiro atoms. The van der Waals surface area contributed by atoms with Crippen LogP contribution in [-0.2, 0) is 0 Å². The highest BCUT2D eigenvalue weighted by Crippen LogP contribution is 2.29. The van der Waals surface area contributed by atoms with Crippen LogP contribution in [0, 0.1) is 5.41 Å². The molecule has 0 atom stereocenters. The summed E-state index contributed by atoms with van der Waals surface area (Å²) in [6.45, 7) is 10.3. The summed E-state index contributed by atoms with van der Waals surface area (Å²) in [4.78, 5) is 2.64. The maximum atomic E-state index is 5.55. The first-order valence-electron chi connectivity index (χ1n) is 5.97. The molecular formula is C12H26N2. The van der Waals surface area contributed by atoms with Crippen LogP contribution in [0.4, 0.5) is 0 Å². The quantitative estimate of drug-likeness (QED) is 0.709. The fraction of sp³-hybridized carbons (Fsp3) is 1.00. The minimum Gasteiger partial charge on any atom is -0.330 e. The normalized spacial score (nSPS) is 17.8. The van der Waals surface area contributed by atoms with Crippen LogP contribution >= 0.6 is 0 Å². The Morgan fingerprint density at radius 1 is 1.21 bits per heavy atom. The van der Waals surface area contributed by atoms with E-state index in [9.17, 15) is 0 Å². The molecule has 0 unspecified atom stereocenters. The molecule has 0 saturated heterocycles. The summed E-state index contributed by atoms with van der Waals surface area (Å²) in [5.41, 5.74) is 6.02. The molecule has 1 aliphatic rings. The first-order chi connectivity index (χ1) is 6.53. The SMILES string of the molecule is CC(C)(C)CCN(CCCN)C1CC1. The van der Waals surface area contributed by atoms with Gasteiger partial charge in [-0.1, -0.05) is 20.8 Å². The smallest absolute Gasteiger partial charge is 0.00964 e. The van der Waals surface area contributed by atoms with Crippen molar-refractivity contribution in [3.63, 3.8) is 0 Å². The molecule has 0 aliphatic heterocycles. The second-order valence-corrected chi connectivity index (χ2v) is 5.72. The summed E-state index contributed by atoms with van der Waals surface area (Å²) < 4.78 is 0. The van der Waals surface area contributed by atoms with E-state index in [1.54, 1.807) is 0 Å². The Hall–Kier alpha value is -0.0800. The first-order valence-corrected chi connectivity index (χ1v) is 5.97. The fourth-order valence-corrected chi connectivity index (χ4v) is 1.69. The molecule has 1 rings (SSSR count). The van der Waals surface area contributed by atoms with Gasteiger partial charge in [0.2, 0.25) is 0 Å². The maximum absolute atomic E-state index is 5.55. The summed E-state index contributed by atoms with van der Waals surface area (Å²) in [6.07, 6.45) is 5.28. The van der Waals surface area contributed by atoms with E-state index in [0.29, 0.717) is 5.41 Å². The Labute approximate surface area is 88.8 Å². The zero-order chi connectivity index (χ0) is 10.6. The molecule has 0 bridgehead atoms. The van der Waals surface area contributed by atoms with Crippen molar-refractivity contribution in [2.24, 2.45) is 11.1 Å². The number of hydrogen-bond donors (Lipinski definition) is 1. The molecule has 2 N–H and O–H groups in total. The van der Waals surface area contributed by atoms with Gasteiger partial charge in [-0.15, -0.1) is 0 Å². The maximum Gasteiger partial charge on any atom is 0.00964 e. The summed E-state index contributed by atoms with van der Waals surface area (Å²) in [5, 5.41) is 0. The van der Waals surface area contributed by atoms with Crippen molar-refractivity contribution in [3.05, 3.63) is 0 Å². The average molecular weight is 198 g/mol. The van der Waals surface area contributed by atoms with E-state index < -0.39 is 0 Å². The summed E-state index contributed by atoms with van der Waals surface area (Å²) in [7, 11) is 0. The molecule has 2 nitrogen and oxygen atoms in total. The lowest BCUT2D eigenvalue weighted by molar-refractivity contribution is 0.218. The predicted molar refractivity (Wildman–Crippen MR) is 62.3 cm³/mol. The van der Waals surface area contributed by atoms with Crippen molar-refractivity contribution in [2.45, 2.75) is 52.5 Å². The molecule has 1 fully saturated rings. The number of nitrogens with zero attached hydrogens (tertiary/aromatic N) is 1. The van der Waals surface area contributed by atoms with E-state index in [1.807, 2.05) is 0 Å². The molecule has 2 heteroatoms. The zero-order valence-electron chi connectivity index (χ0n) is 10.1. The van der Waals surface area contributed by atoms with Gasteiger partial charge in [0.15, 0.2) is 0 Å².